The van der Waals surface area contributed by atoms with Crippen LogP contribution in [0.1, 0.15) is 6.92 Å². The summed E-state index contributed by atoms with van der Waals surface area (Å²) in [6.07, 6.45) is 0. The normalized spacial score (nSPS) is 25.1. The van der Waals surface area contributed by atoms with E-state index in [1.807, 2.05) is 9.80 Å². The average molecular weight is 299 g/mol. The van der Waals surface area contributed by atoms with Crippen molar-refractivity contribution >= 4 is 30.8 Å². The van der Waals surface area contributed by atoms with Gasteiger partial charge in [-0.3, -0.25) is 0 Å². The number of carbonyl (C=O) groups is 1. The third-order valence-electron chi connectivity index (χ3n) is 3.52. The first-order valence-corrected chi connectivity index (χ1v) is 6.13. The third kappa shape index (κ3) is 4.16. The van der Waals surface area contributed by atoms with Gasteiger partial charge in [0.15, 0.2) is 0 Å². The Hall–Kier alpha value is -0.230. The fraction of sp³-hybridized carbons (Fsp3) is 0.909. The van der Waals surface area contributed by atoms with Crippen molar-refractivity contribution in [3.05, 3.63) is 0 Å². The molecule has 0 aliphatic carbocycles. The first-order valence-electron chi connectivity index (χ1n) is 6.13. The van der Waals surface area contributed by atoms with E-state index < -0.39 is 0 Å². The van der Waals surface area contributed by atoms with E-state index in [0.29, 0.717) is 6.04 Å². The Kier molecular flexibility index (Phi) is 7.94. The number of nitrogens with one attached hydrogen (secondary N) is 1. The number of piperazine rings is 2. The molecule has 2 aliphatic heterocycles. The summed E-state index contributed by atoms with van der Waals surface area (Å²) in [6.45, 7) is 8.51. The maximum Gasteiger partial charge on any atom is 0.320 e. The van der Waals surface area contributed by atoms with E-state index in [1.54, 1.807) is 0 Å². The van der Waals surface area contributed by atoms with Crippen molar-refractivity contribution in [1.29, 1.82) is 0 Å². The summed E-state index contributed by atoms with van der Waals surface area (Å²) in [4.78, 5) is 18.5. The second-order valence-corrected chi connectivity index (χ2v) is 4.82. The Balaban J connectivity index is 0.00000144. The number of urea groups is 1. The highest BCUT2D eigenvalue weighted by molar-refractivity contribution is 5.85. The van der Waals surface area contributed by atoms with Gasteiger partial charge in [-0.2, -0.15) is 0 Å². The molecule has 0 bridgehead atoms. The van der Waals surface area contributed by atoms with Crippen LogP contribution in [0.25, 0.3) is 0 Å². The van der Waals surface area contributed by atoms with E-state index in [2.05, 4.69) is 24.2 Å². The molecule has 2 rings (SSSR count). The van der Waals surface area contributed by atoms with Crippen LogP contribution in [0, 0.1) is 0 Å². The number of likely N-dealkylation sites (N-methyl/N-ethyl adjacent to an activating group) is 1. The summed E-state index contributed by atoms with van der Waals surface area (Å²) in [7, 11) is 2.11. The molecule has 0 aromatic carbocycles. The van der Waals surface area contributed by atoms with Gasteiger partial charge in [-0.05, 0) is 14.0 Å². The number of hydrogen-bond acceptors (Lipinski definition) is 3. The zero-order valence-corrected chi connectivity index (χ0v) is 12.7. The largest absolute Gasteiger partial charge is 0.322 e. The van der Waals surface area contributed by atoms with Gasteiger partial charge in [0.1, 0.15) is 0 Å². The molecule has 1 N–H and O–H groups in total. The standard InChI is InChI=1S/C11H22N4O.2ClH/c1-10-9-12-3-4-15(10)11(16)14-7-5-13(2)6-8-14;;/h10,12H,3-9H2,1-2H3;2*1H. The van der Waals surface area contributed by atoms with Crippen LogP contribution in [0.2, 0.25) is 0 Å². The summed E-state index contributed by atoms with van der Waals surface area (Å²) in [5.41, 5.74) is 0. The predicted octanol–water partition coefficient (Wildman–Crippen LogP) is 0.491. The first kappa shape index (κ1) is 17.8. The topological polar surface area (TPSA) is 38.8 Å². The molecule has 2 fully saturated rings. The molecule has 1 unspecified atom stereocenters. The molecule has 1 atom stereocenters. The molecule has 0 spiro atoms. The lowest BCUT2D eigenvalue weighted by Gasteiger charge is -2.40. The summed E-state index contributed by atoms with van der Waals surface area (Å²) in [6, 6.07) is 0.544. The fourth-order valence-electron chi connectivity index (χ4n) is 2.30. The Morgan fingerprint density at radius 3 is 2.28 bits per heavy atom. The van der Waals surface area contributed by atoms with E-state index in [9.17, 15) is 4.79 Å². The average Bonchev–Trinajstić information content (AvgIpc) is 2.30. The Bertz CT molecular complexity index is 259. The molecule has 0 saturated carbocycles. The van der Waals surface area contributed by atoms with Crippen LogP contribution < -0.4 is 5.32 Å². The van der Waals surface area contributed by atoms with Gasteiger partial charge < -0.3 is 20.0 Å². The number of halogens is 2. The number of hydrogen-bond donors (Lipinski definition) is 1. The predicted molar refractivity (Wildman–Crippen MR) is 78.0 cm³/mol. The number of amides is 2. The van der Waals surface area contributed by atoms with Crippen LogP contribution in [0.15, 0.2) is 0 Å². The Morgan fingerprint density at radius 1 is 1.11 bits per heavy atom. The maximum atomic E-state index is 12.3. The molecule has 18 heavy (non-hydrogen) atoms. The highest BCUT2D eigenvalue weighted by Gasteiger charge is 2.28. The highest BCUT2D eigenvalue weighted by atomic mass is 35.5. The zero-order valence-electron chi connectivity index (χ0n) is 11.1. The van der Waals surface area contributed by atoms with E-state index in [-0.39, 0.29) is 30.8 Å². The van der Waals surface area contributed by atoms with Crippen LogP contribution >= 0.6 is 24.8 Å². The van der Waals surface area contributed by atoms with Crippen molar-refractivity contribution in [2.24, 2.45) is 0 Å². The van der Waals surface area contributed by atoms with Crippen LogP contribution in [-0.2, 0) is 0 Å². The fourth-order valence-corrected chi connectivity index (χ4v) is 2.30. The van der Waals surface area contributed by atoms with Crippen molar-refractivity contribution in [3.63, 3.8) is 0 Å². The number of nitrogens with zero attached hydrogens (tertiary/aromatic N) is 3. The lowest BCUT2D eigenvalue weighted by atomic mass is 10.2. The summed E-state index contributed by atoms with van der Waals surface area (Å²) < 4.78 is 0. The van der Waals surface area contributed by atoms with Crippen molar-refractivity contribution in [1.82, 2.24) is 20.0 Å². The van der Waals surface area contributed by atoms with Crippen molar-refractivity contribution < 1.29 is 4.79 Å². The summed E-state index contributed by atoms with van der Waals surface area (Å²) in [5, 5.41) is 3.31. The van der Waals surface area contributed by atoms with Crippen LogP contribution in [0.5, 0.6) is 0 Å². The van der Waals surface area contributed by atoms with Gasteiger partial charge >= 0.3 is 6.03 Å². The van der Waals surface area contributed by atoms with E-state index in [4.69, 9.17) is 0 Å². The van der Waals surface area contributed by atoms with E-state index in [0.717, 1.165) is 45.8 Å². The van der Waals surface area contributed by atoms with E-state index in [1.165, 1.54) is 0 Å². The van der Waals surface area contributed by atoms with Gasteiger partial charge in [-0.15, -0.1) is 24.8 Å². The Morgan fingerprint density at radius 2 is 1.72 bits per heavy atom. The smallest absolute Gasteiger partial charge is 0.320 e. The number of carbonyl (C=O) groups excluding carboxylic acids is 1. The molecule has 108 valence electrons. The third-order valence-corrected chi connectivity index (χ3v) is 3.52. The van der Waals surface area contributed by atoms with Gasteiger partial charge in [0, 0.05) is 51.9 Å². The second kappa shape index (κ2) is 8.04. The monoisotopic (exact) mass is 298 g/mol. The Labute approximate surface area is 122 Å². The van der Waals surface area contributed by atoms with Gasteiger partial charge in [-0.25, -0.2) is 4.79 Å². The van der Waals surface area contributed by atoms with Gasteiger partial charge in [-0.1, -0.05) is 0 Å². The summed E-state index contributed by atoms with van der Waals surface area (Å²) in [5.74, 6) is 0. The molecular formula is C11H24Cl2N4O. The van der Waals surface area contributed by atoms with Crippen LogP contribution in [0.4, 0.5) is 4.79 Å². The van der Waals surface area contributed by atoms with Gasteiger partial charge in [0.2, 0.25) is 0 Å². The van der Waals surface area contributed by atoms with Crippen LogP contribution in [0.3, 0.4) is 0 Å². The first-order chi connectivity index (χ1) is 7.68. The molecule has 2 heterocycles. The molecule has 0 radical (unpaired) electrons. The lowest BCUT2D eigenvalue weighted by molar-refractivity contribution is 0.103. The molecule has 2 amide bonds. The minimum absolute atomic E-state index is 0. The molecular weight excluding hydrogens is 275 g/mol. The molecule has 0 aromatic rings. The minimum Gasteiger partial charge on any atom is -0.322 e. The van der Waals surface area contributed by atoms with Crippen molar-refractivity contribution in [2.45, 2.75) is 13.0 Å². The highest BCUT2D eigenvalue weighted by Crippen LogP contribution is 2.09. The zero-order chi connectivity index (χ0) is 11.5. The van der Waals surface area contributed by atoms with Crippen molar-refractivity contribution in [3.8, 4) is 0 Å². The van der Waals surface area contributed by atoms with Crippen molar-refractivity contribution in [2.75, 3.05) is 52.9 Å². The van der Waals surface area contributed by atoms with Gasteiger partial charge in [0.25, 0.3) is 0 Å². The maximum absolute atomic E-state index is 12.3. The van der Waals surface area contributed by atoms with Crippen LogP contribution in [-0.4, -0.2) is 79.6 Å². The lowest BCUT2D eigenvalue weighted by Crippen LogP contribution is -2.58. The van der Waals surface area contributed by atoms with E-state index >= 15 is 0 Å². The molecule has 0 aromatic heterocycles. The molecule has 2 aliphatic rings. The van der Waals surface area contributed by atoms with Gasteiger partial charge in [0.05, 0.1) is 0 Å². The number of rotatable bonds is 0. The molecule has 2 saturated heterocycles. The quantitative estimate of drug-likeness (QED) is 0.707. The second-order valence-electron chi connectivity index (χ2n) is 4.82. The minimum atomic E-state index is 0. The molecule has 5 nitrogen and oxygen atoms in total. The SMILES string of the molecule is CC1CNCCN1C(=O)N1CCN(C)CC1.Cl.Cl. The summed E-state index contributed by atoms with van der Waals surface area (Å²) >= 11 is 0. The molecule has 7 heteroatoms.